The van der Waals surface area contributed by atoms with E-state index in [-0.39, 0.29) is 12.5 Å². The quantitative estimate of drug-likeness (QED) is 0.885. The molecule has 1 fully saturated rings. The highest BCUT2D eigenvalue weighted by Gasteiger charge is 2.14. The predicted molar refractivity (Wildman–Crippen MR) is 75.9 cm³/mol. The smallest absolute Gasteiger partial charge is 0.246 e. The molecule has 1 saturated carbocycles. The van der Waals surface area contributed by atoms with Crippen LogP contribution in [0.1, 0.15) is 43.2 Å². The van der Waals surface area contributed by atoms with Crippen molar-refractivity contribution in [3.63, 3.8) is 0 Å². The number of amides is 1. The van der Waals surface area contributed by atoms with E-state index in [4.69, 9.17) is 4.74 Å². The van der Waals surface area contributed by atoms with E-state index in [1.807, 2.05) is 12.1 Å². The van der Waals surface area contributed by atoms with Crippen molar-refractivity contribution in [2.45, 2.75) is 51.7 Å². The third-order valence-electron chi connectivity index (χ3n) is 3.57. The molecule has 104 valence electrons. The van der Waals surface area contributed by atoms with Gasteiger partial charge in [-0.15, -0.1) is 0 Å². The Labute approximate surface area is 115 Å². The molecular weight excluding hydrogens is 238 g/mol. The monoisotopic (exact) mass is 261 g/mol. The largest absolute Gasteiger partial charge is 0.368 e. The van der Waals surface area contributed by atoms with Gasteiger partial charge in [-0.3, -0.25) is 4.79 Å². The summed E-state index contributed by atoms with van der Waals surface area (Å²) in [7, 11) is 0. The summed E-state index contributed by atoms with van der Waals surface area (Å²) in [5.74, 6) is -0.0212. The third kappa shape index (κ3) is 5.03. The summed E-state index contributed by atoms with van der Waals surface area (Å²) < 4.78 is 5.64. The highest BCUT2D eigenvalue weighted by molar-refractivity contribution is 5.77. The Morgan fingerprint density at radius 2 is 2.11 bits per heavy atom. The van der Waals surface area contributed by atoms with Crippen molar-refractivity contribution in [1.29, 1.82) is 0 Å². The van der Waals surface area contributed by atoms with E-state index in [1.54, 1.807) is 0 Å². The highest BCUT2D eigenvalue weighted by atomic mass is 16.5. The van der Waals surface area contributed by atoms with Crippen LogP contribution in [0.2, 0.25) is 0 Å². The fourth-order valence-electron chi connectivity index (χ4n) is 2.50. The van der Waals surface area contributed by atoms with Gasteiger partial charge in [0.25, 0.3) is 0 Å². The van der Waals surface area contributed by atoms with Gasteiger partial charge >= 0.3 is 0 Å². The Bertz CT molecular complexity index is 411. The Morgan fingerprint density at radius 1 is 1.32 bits per heavy atom. The first-order valence-electron chi connectivity index (χ1n) is 7.18. The van der Waals surface area contributed by atoms with E-state index in [1.165, 1.54) is 24.8 Å². The summed E-state index contributed by atoms with van der Waals surface area (Å²) in [4.78, 5) is 11.7. The number of carbonyl (C=O) groups excluding carboxylic acids is 1. The van der Waals surface area contributed by atoms with Crippen molar-refractivity contribution in [2.75, 3.05) is 6.61 Å². The molecule has 3 heteroatoms. The standard InChI is InChI=1S/C16H23NO2/c1-13-6-5-7-14(10-13)11-17-16(18)12-19-15-8-3-2-4-9-15/h5-7,10,15H,2-4,8-9,11-12H2,1H3,(H,17,18). The zero-order valence-corrected chi connectivity index (χ0v) is 11.7. The molecular formula is C16H23NO2. The second-order valence-corrected chi connectivity index (χ2v) is 5.34. The molecule has 1 aliphatic carbocycles. The molecule has 1 aromatic rings. The maximum atomic E-state index is 11.7. The first-order chi connectivity index (χ1) is 9.24. The van der Waals surface area contributed by atoms with Crippen LogP contribution in [0.5, 0.6) is 0 Å². The third-order valence-corrected chi connectivity index (χ3v) is 3.57. The molecule has 0 saturated heterocycles. The lowest BCUT2D eigenvalue weighted by Crippen LogP contribution is -2.30. The molecule has 2 rings (SSSR count). The van der Waals surface area contributed by atoms with Crippen LogP contribution in [-0.4, -0.2) is 18.6 Å². The Hall–Kier alpha value is -1.35. The molecule has 1 aliphatic rings. The molecule has 19 heavy (non-hydrogen) atoms. The van der Waals surface area contributed by atoms with Gasteiger partial charge in [-0.25, -0.2) is 0 Å². The van der Waals surface area contributed by atoms with Gasteiger partial charge in [0.1, 0.15) is 6.61 Å². The van der Waals surface area contributed by atoms with Gasteiger partial charge < -0.3 is 10.1 Å². The van der Waals surface area contributed by atoms with Crippen LogP contribution in [0.4, 0.5) is 0 Å². The van der Waals surface area contributed by atoms with Gasteiger partial charge in [-0.05, 0) is 25.3 Å². The normalized spacial score (nSPS) is 16.3. The molecule has 1 amide bonds. The zero-order chi connectivity index (χ0) is 13.5. The molecule has 0 radical (unpaired) electrons. The molecule has 1 N–H and O–H groups in total. The molecule has 0 atom stereocenters. The molecule has 0 spiro atoms. The molecule has 0 unspecified atom stereocenters. The van der Waals surface area contributed by atoms with Crippen LogP contribution in [0.15, 0.2) is 24.3 Å². The second kappa shape index (κ2) is 7.29. The first kappa shape index (κ1) is 14.1. The number of benzene rings is 1. The summed E-state index contributed by atoms with van der Waals surface area (Å²) in [5.41, 5.74) is 2.34. The summed E-state index contributed by atoms with van der Waals surface area (Å²) in [6.45, 7) is 2.82. The highest BCUT2D eigenvalue weighted by Crippen LogP contribution is 2.19. The van der Waals surface area contributed by atoms with Crippen LogP contribution in [0, 0.1) is 6.92 Å². The SMILES string of the molecule is Cc1cccc(CNC(=O)COC2CCCCC2)c1. The maximum Gasteiger partial charge on any atom is 0.246 e. The van der Waals surface area contributed by atoms with Crippen molar-refractivity contribution < 1.29 is 9.53 Å². The van der Waals surface area contributed by atoms with Crippen molar-refractivity contribution in [3.8, 4) is 0 Å². The number of rotatable bonds is 5. The molecule has 3 nitrogen and oxygen atoms in total. The number of ether oxygens (including phenoxy) is 1. The van der Waals surface area contributed by atoms with E-state index >= 15 is 0 Å². The zero-order valence-electron chi connectivity index (χ0n) is 11.7. The fraction of sp³-hybridized carbons (Fsp3) is 0.562. The van der Waals surface area contributed by atoms with Crippen LogP contribution in [0.3, 0.4) is 0 Å². The minimum atomic E-state index is -0.0212. The lowest BCUT2D eigenvalue weighted by atomic mass is 9.98. The van der Waals surface area contributed by atoms with E-state index in [0.29, 0.717) is 12.6 Å². The van der Waals surface area contributed by atoms with Gasteiger partial charge in [0, 0.05) is 6.54 Å². The number of aryl methyl sites for hydroxylation is 1. The minimum absolute atomic E-state index is 0.0212. The Kier molecular flexibility index (Phi) is 5.40. The molecule has 0 aromatic heterocycles. The van der Waals surface area contributed by atoms with Crippen molar-refractivity contribution >= 4 is 5.91 Å². The lowest BCUT2D eigenvalue weighted by Gasteiger charge is -2.21. The fourth-order valence-corrected chi connectivity index (χ4v) is 2.50. The second-order valence-electron chi connectivity index (χ2n) is 5.34. The molecule has 0 aliphatic heterocycles. The average molecular weight is 261 g/mol. The van der Waals surface area contributed by atoms with Crippen molar-refractivity contribution in [2.24, 2.45) is 0 Å². The number of hydrogen-bond donors (Lipinski definition) is 1. The lowest BCUT2D eigenvalue weighted by molar-refractivity contribution is -0.128. The van der Waals surface area contributed by atoms with Crippen LogP contribution >= 0.6 is 0 Å². The topological polar surface area (TPSA) is 38.3 Å². The van der Waals surface area contributed by atoms with Gasteiger partial charge in [0.2, 0.25) is 5.91 Å². The van der Waals surface area contributed by atoms with Crippen molar-refractivity contribution in [3.05, 3.63) is 35.4 Å². The molecule has 0 heterocycles. The van der Waals surface area contributed by atoms with E-state index in [0.717, 1.165) is 18.4 Å². The predicted octanol–water partition coefficient (Wildman–Crippen LogP) is 2.96. The average Bonchev–Trinajstić information content (AvgIpc) is 2.44. The Balaban J connectivity index is 1.66. The summed E-state index contributed by atoms with van der Waals surface area (Å²) in [5, 5.41) is 2.90. The summed E-state index contributed by atoms with van der Waals surface area (Å²) in [6.07, 6.45) is 6.26. The van der Waals surface area contributed by atoms with Gasteiger partial charge in [0.15, 0.2) is 0 Å². The number of carbonyl (C=O) groups is 1. The number of hydrogen-bond acceptors (Lipinski definition) is 2. The molecule has 0 bridgehead atoms. The van der Waals surface area contributed by atoms with E-state index < -0.39 is 0 Å². The van der Waals surface area contributed by atoms with Gasteiger partial charge in [0.05, 0.1) is 6.10 Å². The van der Waals surface area contributed by atoms with Crippen LogP contribution in [0.25, 0.3) is 0 Å². The Morgan fingerprint density at radius 3 is 2.84 bits per heavy atom. The first-order valence-corrected chi connectivity index (χ1v) is 7.18. The van der Waals surface area contributed by atoms with Gasteiger partial charge in [-0.2, -0.15) is 0 Å². The minimum Gasteiger partial charge on any atom is -0.368 e. The molecule has 1 aromatic carbocycles. The van der Waals surface area contributed by atoms with Crippen molar-refractivity contribution in [1.82, 2.24) is 5.32 Å². The van der Waals surface area contributed by atoms with Gasteiger partial charge in [-0.1, -0.05) is 49.1 Å². The summed E-state index contributed by atoms with van der Waals surface area (Å²) >= 11 is 0. The maximum absolute atomic E-state index is 11.7. The number of nitrogens with one attached hydrogen (secondary N) is 1. The van der Waals surface area contributed by atoms with Crippen LogP contribution in [-0.2, 0) is 16.1 Å². The van der Waals surface area contributed by atoms with E-state index in [2.05, 4.69) is 24.4 Å². The summed E-state index contributed by atoms with van der Waals surface area (Å²) in [6, 6.07) is 8.17. The van der Waals surface area contributed by atoms with E-state index in [9.17, 15) is 4.79 Å². The van der Waals surface area contributed by atoms with Crippen LogP contribution < -0.4 is 5.32 Å².